The van der Waals surface area contributed by atoms with E-state index in [4.69, 9.17) is 9.59 Å². The smallest absolute Gasteiger partial charge is 0.355 e. The average Bonchev–Trinajstić information content (AvgIpc) is 2.60. The molecule has 0 aliphatic heterocycles. The van der Waals surface area contributed by atoms with Crippen molar-refractivity contribution >= 4 is 41.3 Å². The molecule has 9 heteroatoms. The van der Waals surface area contributed by atoms with E-state index in [1.807, 2.05) is 34.6 Å². The molecule has 0 heterocycles. The highest BCUT2D eigenvalue weighted by atomic mass is 32.2. The van der Waals surface area contributed by atoms with Gasteiger partial charge < -0.3 is 10.6 Å². The fourth-order valence-corrected chi connectivity index (χ4v) is 3.48. The van der Waals surface area contributed by atoms with E-state index in [0.717, 1.165) is 0 Å². The molecule has 0 aromatic heterocycles. The number of amides is 2. The molecule has 0 rings (SSSR count). The molecule has 1 unspecified atom stereocenters. The summed E-state index contributed by atoms with van der Waals surface area (Å²) in [6.07, 6.45) is 0.488. The van der Waals surface area contributed by atoms with Crippen LogP contribution in [-0.4, -0.2) is 52.6 Å². The normalized spacial score (nSPS) is 13.0. The van der Waals surface area contributed by atoms with E-state index >= 15 is 0 Å². The fraction of sp³-hybridized carbons (Fsp3) is 0.762. The number of ketones is 2. The van der Waals surface area contributed by atoms with Crippen molar-refractivity contribution in [1.82, 2.24) is 10.6 Å². The summed E-state index contributed by atoms with van der Waals surface area (Å²) in [5, 5.41) is 5.55. The van der Waals surface area contributed by atoms with Crippen LogP contribution in [0.4, 0.5) is 0 Å². The Labute approximate surface area is 184 Å². The Morgan fingerprint density at radius 3 is 1.87 bits per heavy atom. The van der Waals surface area contributed by atoms with Gasteiger partial charge >= 0.3 is 6.15 Å². The SMILES string of the molecule is C.CC(C)SC(C)C(=O)NCCC(=O)N[C@@H](C)C(=O)C[C@@H](C)C(=O)C(C)C.O=C=O. The topological polar surface area (TPSA) is 126 Å². The summed E-state index contributed by atoms with van der Waals surface area (Å²) in [6, 6.07) is -0.643. The van der Waals surface area contributed by atoms with Crippen molar-refractivity contribution in [3.63, 3.8) is 0 Å². The first kappa shape index (κ1) is 32.7. The Morgan fingerprint density at radius 2 is 1.43 bits per heavy atom. The van der Waals surface area contributed by atoms with Gasteiger partial charge in [0, 0.05) is 31.2 Å². The average molecular weight is 447 g/mol. The van der Waals surface area contributed by atoms with Gasteiger partial charge in [0.2, 0.25) is 11.8 Å². The number of nitrogens with one attached hydrogen (secondary N) is 2. The quantitative estimate of drug-likeness (QED) is 0.471. The van der Waals surface area contributed by atoms with Crippen molar-refractivity contribution in [2.24, 2.45) is 11.8 Å². The van der Waals surface area contributed by atoms with Crippen LogP contribution in [-0.2, 0) is 28.8 Å². The molecule has 0 spiro atoms. The van der Waals surface area contributed by atoms with Crippen LogP contribution in [0.2, 0.25) is 0 Å². The Hall–Kier alpha value is -1.99. The van der Waals surface area contributed by atoms with Gasteiger partial charge in [-0.3, -0.25) is 19.2 Å². The number of Topliss-reactive ketones (excluding diaryl/α,β-unsaturated/α-hetero) is 2. The Bertz CT molecular complexity index is 586. The lowest BCUT2D eigenvalue weighted by Crippen LogP contribution is -2.41. The van der Waals surface area contributed by atoms with Gasteiger partial charge in [-0.1, -0.05) is 42.0 Å². The molecule has 0 radical (unpaired) electrons. The molecule has 0 bridgehead atoms. The fourth-order valence-electron chi connectivity index (χ4n) is 2.46. The largest absolute Gasteiger partial charge is 0.373 e. The second-order valence-corrected chi connectivity index (χ2v) is 9.29. The minimum atomic E-state index is -0.643. The van der Waals surface area contributed by atoms with Crippen molar-refractivity contribution in [1.29, 1.82) is 0 Å². The van der Waals surface area contributed by atoms with Crippen LogP contribution in [0.1, 0.15) is 68.7 Å². The van der Waals surface area contributed by atoms with Crippen LogP contribution in [0.25, 0.3) is 0 Å². The van der Waals surface area contributed by atoms with Gasteiger partial charge in [-0.2, -0.15) is 9.59 Å². The van der Waals surface area contributed by atoms with Gasteiger partial charge in [-0.15, -0.1) is 11.8 Å². The lowest BCUT2D eigenvalue weighted by atomic mass is 9.91. The molecule has 0 saturated carbocycles. The molecule has 0 saturated heterocycles. The maximum atomic E-state index is 12.2. The van der Waals surface area contributed by atoms with E-state index in [1.165, 1.54) is 0 Å². The summed E-state index contributed by atoms with van der Waals surface area (Å²) < 4.78 is 0. The summed E-state index contributed by atoms with van der Waals surface area (Å²) in [4.78, 5) is 64.1. The minimum absolute atomic E-state index is 0. The van der Waals surface area contributed by atoms with E-state index in [9.17, 15) is 19.2 Å². The summed E-state index contributed by atoms with van der Waals surface area (Å²) in [5.74, 6) is -0.956. The van der Waals surface area contributed by atoms with Crippen molar-refractivity contribution in [2.75, 3.05) is 6.54 Å². The van der Waals surface area contributed by atoms with Gasteiger partial charge in [-0.05, 0) is 19.1 Å². The Balaban J connectivity index is -0.00000171. The highest BCUT2D eigenvalue weighted by Crippen LogP contribution is 2.16. The first-order chi connectivity index (χ1) is 13.4. The number of hydrogen-bond donors (Lipinski definition) is 2. The third kappa shape index (κ3) is 15.9. The zero-order valence-corrected chi connectivity index (χ0v) is 19.2. The number of carbonyl (C=O) groups is 4. The van der Waals surface area contributed by atoms with Crippen LogP contribution in [0.5, 0.6) is 0 Å². The molecular formula is C21H38N2O6S. The number of rotatable bonds is 12. The van der Waals surface area contributed by atoms with E-state index in [1.54, 1.807) is 25.6 Å². The molecule has 174 valence electrons. The summed E-state index contributed by atoms with van der Waals surface area (Å²) in [7, 11) is 0. The third-order valence-electron chi connectivity index (χ3n) is 3.92. The predicted octanol–water partition coefficient (Wildman–Crippen LogP) is 2.40. The Kier molecular flexibility index (Phi) is 19.4. The summed E-state index contributed by atoms with van der Waals surface area (Å²) >= 11 is 1.56. The van der Waals surface area contributed by atoms with Crippen molar-refractivity contribution in [2.45, 2.75) is 85.3 Å². The van der Waals surface area contributed by atoms with Gasteiger partial charge in [0.1, 0.15) is 5.78 Å². The van der Waals surface area contributed by atoms with E-state index in [2.05, 4.69) is 10.6 Å². The molecule has 30 heavy (non-hydrogen) atoms. The van der Waals surface area contributed by atoms with E-state index in [-0.39, 0.29) is 73.4 Å². The molecule has 2 amide bonds. The van der Waals surface area contributed by atoms with Crippen LogP contribution >= 0.6 is 11.8 Å². The first-order valence-corrected chi connectivity index (χ1v) is 10.6. The third-order valence-corrected chi connectivity index (χ3v) is 5.09. The molecular weight excluding hydrogens is 408 g/mol. The van der Waals surface area contributed by atoms with Crippen LogP contribution in [0.3, 0.4) is 0 Å². The molecule has 8 nitrogen and oxygen atoms in total. The lowest BCUT2D eigenvalue weighted by molar-refractivity contribution is -0.191. The molecule has 0 aliphatic carbocycles. The zero-order valence-electron chi connectivity index (χ0n) is 18.4. The zero-order chi connectivity index (χ0) is 23.1. The van der Waals surface area contributed by atoms with Crippen LogP contribution in [0.15, 0.2) is 0 Å². The summed E-state index contributed by atoms with van der Waals surface area (Å²) in [5.41, 5.74) is 0. The maximum absolute atomic E-state index is 12.2. The lowest BCUT2D eigenvalue weighted by Gasteiger charge is -2.17. The second kappa shape index (κ2) is 17.8. The van der Waals surface area contributed by atoms with E-state index < -0.39 is 6.04 Å². The maximum Gasteiger partial charge on any atom is 0.373 e. The summed E-state index contributed by atoms with van der Waals surface area (Å²) in [6.45, 7) is 13.1. The standard InChI is InChI=1S/C19H34N2O4S.CO2.CH4/c1-11(2)18(24)13(5)10-16(22)14(6)21-17(23)8-9-20-19(25)15(7)26-12(3)4;2-1-3;/h11-15H,8-10H2,1-7H3,(H,20,25)(H,21,23);;1H4/t13-,14+,15?;;/m1../s1. The Morgan fingerprint density at radius 1 is 0.933 bits per heavy atom. The van der Waals surface area contributed by atoms with Gasteiger partial charge in [0.15, 0.2) is 5.78 Å². The molecule has 0 aromatic rings. The van der Waals surface area contributed by atoms with Crippen molar-refractivity contribution in [3.05, 3.63) is 0 Å². The number of carbonyl (C=O) groups excluding carboxylic acids is 6. The highest BCUT2D eigenvalue weighted by molar-refractivity contribution is 8.01. The first-order valence-electron chi connectivity index (χ1n) is 9.65. The predicted molar refractivity (Wildman–Crippen MR) is 118 cm³/mol. The van der Waals surface area contributed by atoms with E-state index in [0.29, 0.717) is 5.25 Å². The molecule has 0 fully saturated rings. The molecule has 0 aliphatic rings. The molecule has 0 aromatic carbocycles. The number of hydrogen-bond acceptors (Lipinski definition) is 7. The van der Waals surface area contributed by atoms with Crippen molar-refractivity contribution < 1.29 is 28.8 Å². The molecule has 2 N–H and O–H groups in total. The van der Waals surface area contributed by atoms with Gasteiger partial charge in [0.05, 0.1) is 11.3 Å². The van der Waals surface area contributed by atoms with Gasteiger partial charge in [0.25, 0.3) is 0 Å². The van der Waals surface area contributed by atoms with Crippen LogP contribution < -0.4 is 10.6 Å². The second-order valence-electron chi connectivity index (χ2n) is 7.37. The van der Waals surface area contributed by atoms with Crippen LogP contribution in [0, 0.1) is 11.8 Å². The van der Waals surface area contributed by atoms with Crippen molar-refractivity contribution in [3.8, 4) is 0 Å². The highest BCUT2D eigenvalue weighted by Gasteiger charge is 2.23. The molecule has 3 atom stereocenters. The minimum Gasteiger partial charge on any atom is -0.355 e. The number of thioether (sulfide) groups is 1. The monoisotopic (exact) mass is 446 g/mol. The van der Waals surface area contributed by atoms with Gasteiger partial charge in [-0.25, -0.2) is 0 Å².